The Morgan fingerprint density at radius 2 is 1.70 bits per heavy atom. The molecule has 0 bridgehead atoms. The number of nitrogens with two attached hydrogens (primary N) is 1. The molecule has 0 aliphatic carbocycles. The molecular weight excluding hydrogens is 486 g/mol. The standard InChI is InChI=1S/C29H23N5O2.ClH/c30-24(13-17-10-11-18-6-4-5-9-20(18)12-17)29(36)32-21-14-22-26-23(16-31-34-28(22)35)27(33-25(26)15-21)19-7-2-1-3-8-19;/h1-12,14-16,24,33H,13,30H2,(H,32,36)(H,34,35);1H/t24-;/m1./s1. The number of carbonyl (C=O) groups is 2. The highest BCUT2D eigenvalue weighted by Gasteiger charge is 2.23. The van der Waals surface area contributed by atoms with Crippen molar-refractivity contribution in [3.8, 4) is 11.3 Å². The van der Waals surface area contributed by atoms with E-state index in [0.717, 1.165) is 44.1 Å². The van der Waals surface area contributed by atoms with Gasteiger partial charge in [0, 0.05) is 22.2 Å². The van der Waals surface area contributed by atoms with Crippen LogP contribution in [0.5, 0.6) is 0 Å². The molecule has 5 aromatic rings. The highest BCUT2D eigenvalue weighted by atomic mass is 35.5. The third-order valence-electron chi connectivity index (χ3n) is 6.48. The topological polar surface area (TPSA) is 112 Å². The Hall–Kier alpha value is -4.46. The molecule has 0 saturated carbocycles. The molecular formula is C29H24ClN5O2. The average Bonchev–Trinajstić information content (AvgIpc) is 3.17. The Labute approximate surface area is 219 Å². The maximum absolute atomic E-state index is 13.0. The molecule has 184 valence electrons. The SMILES string of the molecule is Cl.N[C@H](Cc1ccc2ccccc2c1)C(=O)Nc1cc2c3c(c(-c4ccccc4)[nH]c3c1)C=NNC2=O. The Morgan fingerprint density at radius 1 is 0.946 bits per heavy atom. The fourth-order valence-electron chi connectivity index (χ4n) is 4.73. The minimum atomic E-state index is -0.753. The molecule has 0 unspecified atom stereocenters. The van der Waals surface area contributed by atoms with Crippen molar-refractivity contribution in [2.24, 2.45) is 10.8 Å². The highest BCUT2D eigenvalue weighted by Crippen LogP contribution is 2.34. The Morgan fingerprint density at radius 3 is 2.51 bits per heavy atom. The molecule has 2 heterocycles. The molecule has 5 N–H and O–H groups in total. The van der Waals surface area contributed by atoms with E-state index in [0.29, 0.717) is 17.7 Å². The van der Waals surface area contributed by atoms with Crippen LogP contribution in [0, 0.1) is 0 Å². The first kappa shape index (κ1) is 24.2. The van der Waals surface area contributed by atoms with Gasteiger partial charge in [0.2, 0.25) is 5.91 Å². The normalized spacial score (nSPS) is 13.1. The van der Waals surface area contributed by atoms with Gasteiger partial charge in [0.05, 0.1) is 23.5 Å². The summed E-state index contributed by atoms with van der Waals surface area (Å²) in [4.78, 5) is 29.2. The first-order chi connectivity index (χ1) is 17.6. The van der Waals surface area contributed by atoms with Crippen LogP contribution in [0.4, 0.5) is 5.69 Å². The first-order valence-electron chi connectivity index (χ1n) is 11.7. The van der Waals surface area contributed by atoms with Gasteiger partial charge in [-0.3, -0.25) is 9.59 Å². The molecule has 2 amide bonds. The number of aromatic amines is 1. The number of fused-ring (bicyclic) bond motifs is 1. The van der Waals surface area contributed by atoms with E-state index in [1.165, 1.54) is 0 Å². The Bertz CT molecular complexity index is 1680. The molecule has 0 saturated heterocycles. The van der Waals surface area contributed by atoms with Crippen LogP contribution in [-0.4, -0.2) is 29.1 Å². The Kier molecular flexibility index (Phi) is 6.48. The van der Waals surface area contributed by atoms with E-state index in [4.69, 9.17) is 5.73 Å². The first-order valence-corrected chi connectivity index (χ1v) is 11.7. The number of anilines is 1. The van der Waals surface area contributed by atoms with Crippen LogP contribution in [0.1, 0.15) is 21.5 Å². The minimum absolute atomic E-state index is 0. The predicted molar refractivity (Wildman–Crippen MR) is 150 cm³/mol. The molecule has 4 aromatic carbocycles. The molecule has 1 atom stereocenters. The third kappa shape index (κ3) is 4.58. The molecule has 0 radical (unpaired) electrons. The highest BCUT2D eigenvalue weighted by molar-refractivity contribution is 6.18. The zero-order valence-electron chi connectivity index (χ0n) is 19.7. The van der Waals surface area contributed by atoms with Crippen LogP contribution >= 0.6 is 12.4 Å². The monoisotopic (exact) mass is 509 g/mol. The Balaban J connectivity index is 0.00000280. The van der Waals surface area contributed by atoms with Crippen LogP contribution in [0.25, 0.3) is 32.9 Å². The largest absolute Gasteiger partial charge is 0.354 e. The number of hydrogen-bond acceptors (Lipinski definition) is 4. The van der Waals surface area contributed by atoms with E-state index < -0.39 is 6.04 Å². The second-order valence-electron chi connectivity index (χ2n) is 8.91. The van der Waals surface area contributed by atoms with Crippen molar-refractivity contribution in [3.63, 3.8) is 0 Å². The second kappa shape index (κ2) is 9.89. The second-order valence-corrected chi connectivity index (χ2v) is 8.91. The van der Waals surface area contributed by atoms with Gasteiger partial charge in [0.25, 0.3) is 5.91 Å². The van der Waals surface area contributed by atoms with Crippen LogP contribution in [0.2, 0.25) is 0 Å². The minimum Gasteiger partial charge on any atom is -0.354 e. The van der Waals surface area contributed by atoms with E-state index in [-0.39, 0.29) is 24.2 Å². The van der Waals surface area contributed by atoms with Crippen LogP contribution in [0.3, 0.4) is 0 Å². The van der Waals surface area contributed by atoms with Gasteiger partial charge in [-0.1, -0.05) is 72.8 Å². The summed E-state index contributed by atoms with van der Waals surface area (Å²) in [6.45, 7) is 0. The summed E-state index contributed by atoms with van der Waals surface area (Å²) in [5.74, 6) is -0.666. The van der Waals surface area contributed by atoms with E-state index in [9.17, 15) is 9.59 Å². The third-order valence-corrected chi connectivity index (χ3v) is 6.48. The number of nitrogens with one attached hydrogen (secondary N) is 3. The summed E-state index contributed by atoms with van der Waals surface area (Å²) in [5, 5.41) is 9.98. The summed E-state index contributed by atoms with van der Waals surface area (Å²) in [5.41, 5.74) is 14.1. The van der Waals surface area contributed by atoms with Crippen molar-refractivity contribution >= 4 is 57.8 Å². The average molecular weight is 510 g/mol. The van der Waals surface area contributed by atoms with Gasteiger partial charge in [0.1, 0.15) is 0 Å². The van der Waals surface area contributed by atoms with E-state index in [1.54, 1.807) is 12.3 Å². The summed E-state index contributed by atoms with van der Waals surface area (Å²) in [7, 11) is 0. The zero-order chi connectivity index (χ0) is 24.6. The van der Waals surface area contributed by atoms with Gasteiger partial charge in [-0.05, 0) is 40.5 Å². The summed E-state index contributed by atoms with van der Waals surface area (Å²) < 4.78 is 0. The number of rotatable bonds is 5. The predicted octanol–water partition coefficient (Wildman–Crippen LogP) is 5.00. The van der Waals surface area contributed by atoms with Crippen LogP contribution in [0.15, 0.2) is 90.0 Å². The van der Waals surface area contributed by atoms with Gasteiger partial charge in [-0.15, -0.1) is 12.4 Å². The van der Waals surface area contributed by atoms with Crippen molar-refractivity contribution in [2.75, 3.05) is 5.32 Å². The molecule has 0 fully saturated rings. The fourth-order valence-corrected chi connectivity index (χ4v) is 4.73. The molecule has 7 nitrogen and oxygen atoms in total. The maximum Gasteiger partial charge on any atom is 0.272 e. The van der Waals surface area contributed by atoms with Gasteiger partial charge in [-0.2, -0.15) is 5.10 Å². The lowest BCUT2D eigenvalue weighted by Gasteiger charge is -2.14. The molecule has 1 aliphatic heterocycles. The molecule has 37 heavy (non-hydrogen) atoms. The van der Waals surface area contributed by atoms with Crippen LogP contribution in [-0.2, 0) is 11.2 Å². The number of carbonyl (C=O) groups excluding carboxylic acids is 2. The molecule has 1 aromatic heterocycles. The van der Waals surface area contributed by atoms with Gasteiger partial charge < -0.3 is 16.0 Å². The van der Waals surface area contributed by atoms with Crippen molar-refractivity contribution < 1.29 is 9.59 Å². The van der Waals surface area contributed by atoms with Crippen molar-refractivity contribution in [1.82, 2.24) is 10.4 Å². The smallest absolute Gasteiger partial charge is 0.272 e. The summed E-state index contributed by atoms with van der Waals surface area (Å²) >= 11 is 0. The van der Waals surface area contributed by atoms with Crippen molar-refractivity contribution in [2.45, 2.75) is 12.5 Å². The van der Waals surface area contributed by atoms with E-state index in [2.05, 4.69) is 26.9 Å². The molecule has 1 aliphatic rings. The number of hydrazone groups is 1. The molecule has 8 heteroatoms. The van der Waals surface area contributed by atoms with Crippen molar-refractivity contribution in [1.29, 1.82) is 0 Å². The number of halogens is 1. The number of H-pyrrole nitrogens is 1. The quantitative estimate of drug-likeness (QED) is 0.267. The molecule has 0 spiro atoms. The number of aromatic nitrogens is 1. The lowest BCUT2D eigenvalue weighted by molar-refractivity contribution is -0.117. The lowest BCUT2D eigenvalue weighted by atomic mass is 10.0. The van der Waals surface area contributed by atoms with Gasteiger partial charge in [-0.25, -0.2) is 5.43 Å². The maximum atomic E-state index is 13.0. The number of amides is 2. The summed E-state index contributed by atoms with van der Waals surface area (Å²) in [6, 6.07) is 26.7. The molecule has 6 rings (SSSR count). The van der Waals surface area contributed by atoms with E-state index >= 15 is 0 Å². The fraction of sp³-hybridized carbons (Fsp3) is 0.0690. The zero-order valence-corrected chi connectivity index (χ0v) is 20.5. The number of hydrogen-bond donors (Lipinski definition) is 4. The van der Waals surface area contributed by atoms with Crippen LogP contribution < -0.4 is 16.5 Å². The van der Waals surface area contributed by atoms with Gasteiger partial charge in [0.15, 0.2) is 0 Å². The van der Waals surface area contributed by atoms with E-state index in [1.807, 2.05) is 72.8 Å². The number of benzene rings is 4. The number of nitrogens with zero attached hydrogens (tertiary/aromatic N) is 1. The summed E-state index contributed by atoms with van der Waals surface area (Å²) in [6.07, 6.45) is 2.04. The van der Waals surface area contributed by atoms with Crippen molar-refractivity contribution in [3.05, 3.63) is 102 Å². The van der Waals surface area contributed by atoms with Gasteiger partial charge >= 0.3 is 0 Å². The lowest BCUT2D eigenvalue weighted by Crippen LogP contribution is -2.37.